The Labute approximate surface area is 118 Å². The molecule has 2 aromatic rings. The largest absolute Gasteiger partial charge is 0.508 e. The van der Waals surface area contributed by atoms with Crippen LogP contribution in [0.5, 0.6) is 5.75 Å². The van der Waals surface area contributed by atoms with Crippen LogP contribution >= 0.6 is 0 Å². The lowest BCUT2D eigenvalue weighted by atomic mass is 10.2. The Bertz CT molecular complexity index is 714. The molecule has 0 aliphatic heterocycles. The van der Waals surface area contributed by atoms with Crippen LogP contribution in [0.25, 0.3) is 0 Å². The lowest BCUT2D eigenvalue weighted by Crippen LogP contribution is -2.26. The topological polar surface area (TPSA) is 83.6 Å². The summed E-state index contributed by atoms with van der Waals surface area (Å²) in [6.45, 7) is 0.277. The number of nitrogens with zero attached hydrogens (tertiary/aromatic N) is 1. The van der Waals surface area contributed by atoms with Gasteiger partial charge in [0.2, 0.25) is 0 Å². The average Bonchev–Trinajstić information content (AvgIpc) is 2.46. The van der Waals surface area contributed by atoms with Gasteiger partial charge in [-0.2, -0.15) is 0 Å². The predicted octanol–water partition coefficient (Wildman–Crippen LogP) is 1.68. The van der Waals surface area contributed by atoms with E-state index in [0.29, 0.717) is 5.69 Å². The fraction of sp³-hybridized carbons (Fsp3) is 0.143. The molecule has 20 heavy (non-hydrogen) atoms. The molecule has 0 atom stereocenters. The van der Waals surface area contributed by atoms with E-state index in [-0.39, 0.29) is 17.2 Å². The van der Waals surface area contributed by atoms with Crippen molar-refractivity contribution in [2.75, 3.05) is 11.4 Å². The molecule has 0 aromatic heterocycles. The van der Waals surface area contributed by atoms with Crippen molar-refractivity contribution < 1.29 is 13.5 Å². The van der Waals surface area contributed by atoms with Crippen molar-refractivity contribution in [2.24, 2.45) is 5.73 Å². The number of aromatic hydroxyl groups is 1. The summed E-state index contributed by atoms with van der Waals surface area (Å²) in [5, 5.41) is 9.44. The first-order chi connectivity index (χ1) is 9.45. The van der Waals surface area contributed by atoms with Crippen molar-refractivity contribution >= 4 is 15.7 Å². The van der Waals surface area contributed by atoms with E-state index >= 15 is 0 Å². The standard InChI is InChI=1S/C14H16N2O3S/c1-16(12-5-3-6-13(17)9-12)20(18,19)14-7-2-4-11(8-14)10-15/h2-9,17H,10,15H2,1H3. The SMILES string of the molecule is CN(c1cccc(O)c1)S(=O)(=O)c1cccc(CN)c1. The summed E-state index contributed by atoms with van der Waals surface area (Å²) in [6.07, 6.45) is 0. The van der Waals surface area contributed by atoms with E-state index in [9.17, 15) is 13.5 Å². The lowest BCUT2D eigenvalue weighted by molar-refractivity contribution is 0.475. The van der Waals surface area contributed by atoms with Crippen LogP contribution < -0.4 is 10.0 Å². The summed E-state index contributed by atoms with van der Waals surface area (Å²) >= 11 is 0. The van der Waals surface area contributed by atoms with Crippen LogP contribution in [0.1, 0.15) is 5.56 Å². The highest BCUT2D eigenvalue weighted by Gasteiger charge is 2.21. The number of nitrogens with two attached hydrogens (primary N) is 1. The summed E-state index contributed by atoms with van der Waals surface area (Å²) in [6, 6.07) is 12.6. The molecule has 0 unspecified atom stereocenters. The number of benzene rings is 2. The number of sulfonamides is 1. The second kappa shape index (κ2) is 5.52. The number of anilines is 1. The molecule has 2 aromatic carbocycles. The lowest BCUT2D eigenvalue weighted by Gasteiger charge is -2.20. The van der Waals surface area contributed by atoms with Gasteiger partial charge in [-0.15, -0.1) is 0 Å². The maximum atomic E-state index is 12.5. The molecule has 0 bridgehead atoms. The van der Waals surface area contributed by atoms with Gasteiger partial charge in [0.15, 0.2) is 0 Å². The fourth-order valence-electron chi connectivity index (χ4n) is 1.82. The molecule has 3 N–H and O–H groups in total. The Kier molecular flexibility index (Phi) is 3.96. The Balaban J connectivity index is 2.43. The molecule has 106 valence electrons. The minimum atomic E-state index is -3.67. The van der Waals surface area contributed by atoms with Crippen molar-refractivity contribution in [3.8, 4) is 5.75 Å². The smallest absolute Gasteiger partial charge is 0.264 e. The predicted molar refractivity (Wildman–Crippen MR) is 78.0 cm³/mol. The minimum absolute atomic E-state index is 0.0141. The highest BCUT2D eigenvalue weighted by molar-refractivity contribution is 7.92. The third-order valence-corrected chi connectivity index (χ3v) is 4.77. The van der Waals surface area contributed by atoms with E-state index in [4.69, 9.17) is 5.73 Å². The van der Waals surface area contributed by atoms with Crippen LogP contribution in [0.3, 0.4) is 0 Å². The molecular weight excluding hydrogens is 276 g/mol. The summed E-state index contributed by atoms with van der Waals surface area (Å²) < 4.78 is 26.2. The molecular formula is C14H16N2O3S. The van der Waals surface area contributed by atoms with Crippen molar-refractivity contribution in [1.82, 2.24) is 0 Å². The Morgan fingerprint density at radius 1 is 1.15 bits per heavy atom. The zero-order chi connectivity index (χ0) is 14.8. The fourth-order valence-corrected chi connectivity index (χ4v) is 3.08. The first-order valence-corrected chi connectivity index (χ1v) is 7.46. The molecule has 5 nitrogen and oxygen atoms in total. The van der Waals surface area contributed by atoms with Crippen LogP contribution in [0.4, 0.5) is 5.69 Å². The third-order valence-electron chi connectivity index (χ3n) is 2.99. The highest BCUT2D eigenvalue weighted by atomic mass is 32.2. The van der Waals surface area contributed by atoms with Crippen LogP contribution in [0.2, 0.25) is 0 Å². The van der Waals surface area contributed by atoms with Crippen LogP contribution in [0.15, 0.2) is 53.4 Å². The molecule has 0 saturated heterocycles. The molecule has 0 amide bonds. The van der Waals surface area contributed by atoms with Gasteiger partial charge in [-0.1, -0.05) is 18.2 Å². The Hall–Kier alpha value is -2.05. The van der Waals surface area contributed by atoms with E-state index in [0.717, 1.165) is 9.87 Å². The number of hydrogen-bond acceptors (Lipinski definition) is 4. The Morgan fingerprint density at radius 2 is 1.85 bits per heavy atom. The second-order valence-electron chi connectivity index (χ2n) is 4.34. The monoisotopic (exact) mass is 292 g/mol. The van der Waals surface area contributed by atoms with E-state index in [1.807, 2.05) is 0 Å². The summed E-state index contributed by atoms with van der Waals surface area (Å²) in [5.74, 6) is 0.0141. The van der Waals surface area contributed by atoms with Gasteiger partial charge in [0, 0.05) is 19.7 Å². The maximum Gasteiger partial charge on any atom is 0.264 e. The molecule has 0 fully saturated rings. The Morgan fingerprint density at radius 3 is 2.50 bits per heavy atom. The van der Waals surface area contributed by atoms with E-state index < -0.39 is 10.0 Å². The van der Waals surface area contributed by atoms with Gasteiger partial charge in [0.25, 0.3) is 10.0 Å². The van der Waals surface area contributed by atoms with E-state index in [2.05, 4.69) is 0 Å². The number of hydrogen-bond donors (Lipinski definition) is 2. The first kappa shape index (κ1) is 14.4. The highest BCUT2D eigenvalue weighted by Crippen LogP contribution is 2.25. The molecule has 2 rings (SSSR count). The first-order valence-electron chi connectivity index (χ1n) is 6.02. The zero-order valence-electron chi connectivity index (χ0n) is 11.0. The molecule has 0 heterocycles. The van der Waals surface area contributed by atoms with Crippen molar-refractivity contribution in [2.45, 2.75) is 11.4 Å². The summed E-state index contributed by atoms with van der Waals surface area (Å²) in [5.41, 5.74) is 6.67. The van der Waals surface area contributed by atoms with Gasteiger partial charge in [0.1, 0.15) is 5.75 Å². The van der Waals surface area contributed by atoms with Gasteiger partial charge in [-0.25, -0.2) is 8.42 Å². The van der Waals surface area contributed by atoms with E-state index in [1.54, 1.807) is 30.3 Å². The molecule has 0 saturated carbocycles. The van der Waals surface area contributed by atoms with Gasteiger partial charge >= 0.3 is 0 Å². The molecule has 0 aliphatic carbocycles. The number of phenols is 1. The minimum Gasteiger partial charge on any atom is -0.508 e. The average molecular weight is 292 g/mol. The quantitative estimate of drug-likeness (QED) is 0.898. The summed E-state index contributed by atoms with van der Waals surface area (Å²) in [4.78, 5) is 0.172. The molecule has 0 spiro atoms. The van der Waals surface area contributed by atoms with Crippen molar-refractivity contribution in [3.63, 3.8) is 0 Å². The van der Waals surface area contributed by atoms with Crippen LogP contribution in [-0.2, 0) is 16.6 Å². The second-order valence-corrected chi connectivity index (χ2v) is 6.31. The summed E-state index contributed by atoms with van der Waals surface area (Å²) in [7, 11) is -2.23. The third kappa shape index (κ3) is 2.76. The van der Waals surface area contributed by atoms with E-state index in [1.165, 1.54) is 25.2 Å². The van der Waals surface area contributed by atoms with Gasteiger partial charge < -0.3 is 10.8 Å². The van der Waals surface area contributed by atoms with Gasteiger partial charge in [-0.05, 0) is 29.8 Å². The molecule has 0 aliphatic rings. The van der Waals surface area contributed by atoms with Crippen LogP contribution in [0, 0.1) is 0 Å². The van der Waals surface area contributed by atoms with Crippen molar-refractivity contribution in [1.29, 1.82) is 0 Å². The maximum absolute atomic E-state index is 12.5. The van der Waals surface area contributed by atoms with Crippen LogP contribution in [-0.4, -0.2) is 20.6 Å². The molecule has 0 radical (unpaired) electrons. The molecule has 6 heteroatoms. The van der Waals surface area contributed by atoms with Crippen molar-refractivity contribution in [3.05, 3.63) is 54.1 Å². The normalized spacial score (nSPS) is 11.3. The number of rotatable bonds is 4. The van der Waals surface area contributed by atoms with Gasteiger partial charge in [0.05, 0.1) is 10.6 Å². The zero-order valence-corrected chi connectivity index (χ0v) is 11.8. The number of phenolic OH excluding ortho intramolecular Hbond substituents is 1. The van der Waals surface area contributed by atoms with Gasteiger partial charge in [-0.3, -0.25) is 4.31 Å².